The first-order valence-electron chi connectivity index (χ1n) is 5.89. The number of nitrogens with one attached hydrogen (secondary N) is 1. The van der Waals surface area contributed by atoms with Gasteiger partial charge in [0, 0.05) is 13.1 Å². The molecule has 1 aromatic rings. The number of alkyl halides is 3. The smallest absolute Gasteiger partial charge is 0.416 e. The van der Waals surface area contributed by atoms with E-state index in [0.717, 1.165) is 6.07 Å². The summed E-state index contributed by atoms with van der Waals surface area (Å²) in [5, 5.41) is 3.02. The number of ether oxygens (including phenoxy) is 3. The third-order valence-electron chi connectivity index (χ3n) is 3.12. The minimum absolute atomic E-state index is 0.0557. The molecule has 2 aliphatic rings. The van der Waals surface area contributed by atoms with Gasteiger partial charge in [-0.1, -0.05) is 0 Å². The highest BCUT2D eigenvalue weighted by atomic mass is 19.4. The van der Waals surface area contributed by atoms with Gasteiger partial charge in [0.25, 0.3) is 0 Å². The molecule has 1 fully saturated rings. The van der Waals surface area contributed by atoms with Crippen LogP contribution in [0.5, 0.6) is 11.5 Å². The van der Waals surface area contributed by atoms with E-state index < -0.39 is 17.8 Å². The molecule has 0 saturated carbocycles. The second kappa shape index (κ2) is 4.57. The van der Waals surface area contributed by atoms with Crippen LogP contribution in [-0.2, 0) is 10.9 Å². The lowest BCUT2D eigenvalue weighted by molar-refractivity contribution is -0.139. The zero-order valence-electron chi connectivity index (χ0n) is 9.92. The molecule has 0 bridgehead atoms. The third kappa shape index (κ3) is 2.35. The molecule has 0 amide bonds. The van der Waals surface area contributed by atoms with Gasteiger partial charge in [0.05, 0.1) is 18.3 Å². The van der Waals surface area contributed by atoms with Crippen molar-refractivity contribution >= 4 is 0 Å². The van der Waals surface area contributed by atoms with Crippen LogP contribution >= 0.6 is 0 Å². The van der Waals surface area contributed by atoms with Gasteiger partial charge in [-0.25, -0.2) is 0 Å². The molecule has 0 radical (unpaired) electrons. The van der Waals surface area contributed by atoms with Crippen LogP contribution in [0.2, 0.25) is 0 Å². The molecular formula is C12H12F3NO3. The van der Waals surface area contributed by atoms with E-state index >= 15 is 0 Å². The number of hydrogen-bond donors (Lipinski definition) is 1. The molecule has 104 valence electrons. The van der Waals surface area contributed by atoms with Crippen molar-refractivity contribution in [3.63, 3.8) is 0 Å². The Balaban J connectivity index is 2.05. The standard InChI is InChI=1S/C12H12F3NO3/c13-12(14,15)8-4-10-9(18-6-19-10)3-7(8)11-5-16-1-2-17-11/h3-4,11,16H,1-2,5-6H2. The molecule has 1 atom stereocenters. The Labute approximate surface area is 107 Å². The maximum Gasteiger partial charge on any atom is 0.416 e. The van der Waals surface area contributed by atoms with E-state index in [4.69, 9.17) is 14.2 Å². The van der Waals surface area contributed by atoms with Crippen LogP contribution in [0.4, 0.5) is 13.2 Å². The molecule has 0 aromatic heterocycles. The summed E-state index contributed by atoms with van der Waals surface area (Å²) in [6, 6.07) is 2.35. The summed E-state index contributed by atoms with van der Waals surface area (Å²) in [7, 11) is 0. The number of hydrogen-bond acceptors (Lipinski definition) is 4. The lowest BCUT2D eigenvalue weighted by atomic mass is 10.00. The van der Waals surface area contributed by atoms with Gasteiger partial charge in [0.1, 0.15) is 0 Å². The van der Waals surface area contributed by atoms with Gasteiger partial charge in [-0.15, -0.1) is 0 Å². The van der Waals surface area contributed by atoms with Crippen molar-refractivity contribution in [2.24, 2.45) is 0 Å². The third-order valence-corrected chi connectivity index (χ3v) is 3.12. The lowest BCUT2D eigenvalue weighted by Gasteiger charge is -2.26. The Morgan fingerprint density at radius 3 is 2.53 bits per heavy atom. The lowest BCUT2D eigenvalue weighted by Crippen LogP contribution is -2.34. The molecule has 2 aliphatic heterocycles. The highest BCUT2D eigenvalue weighted by molar-refractivity contribution is 5.50. The summed E-state index contributed by atoms with van der Waals surface area (Å²) >= 11 is 0. The van der Waals surface area contributed by atoms with E-state index in [0.29, 0.717) is 25.4 Å². The minimum Gasteiger partial charge on any atom is -0.454 e. The molecule has 4 nitrogen and oxygen atoms in total. The van der Waals surface area contributed by atoms with Crippen molar-refractivity contribution < 1.29 is 27.4 Å². The van der Waals surface area contributed by atoms with Crippen molar-refractivity contribution in [3.05, 3.63) is 23.3 Å². The molecular weight excluding hydrogens is 263 g/mol. The van der Waals surface area contributed by atoms with Crippen LogP contribution in [0, 0.1) is 0 Å². The van der Waals surface area contributed by atoms with Crippen LogP contribution in [0.3, 0.4) is 0 Å². The molecule has 1 unspecified atom stereocenters. The maximum atomic E-state index is 13.1. The van der Waals surface area contributed by atoms with Gasteiger partial charge in [-0.05, 0) is 17.7 Å². The first-order chi connectivity index (χ1) is 9.05. The average Bonchev–Trinajstić information content (AvgIpc) is 2.84. The normalized spacial score (nSPS) is 22.6. The van der Waals surface area contributed by atoms with Gasteiger partial charge >= 0.3 is 6.18 Å². The predicted molar refractivity (Wildman–Crippen MR) is 59.1 cm³/mol. The first-order valence-corrected chi connectivity index (χ1v) is 5.89. The van der Waals surface area contributed by atoms with E-state index in [-0.39, 0.29) is 18.1 Å². The van der Waals surface area contributed by atoms with Crippen molar-refractivity contribution in [2.75, 3.05) is 26.5 Å². The highest BCUT2D eigenvalue weighted by Gasteiger charge is 2.38. The van der Waals surface area contributed by atoms with Gasteiger partial charge in [-0.3, -0.25) is 0 Å². The molecule has 1 saturated heterocycles. The Hall–Kier alpha value is -1.47. The van der Waals surface area contributed by atoms with Gasteiger partial charge in [0.15, 0.2) is 11.5 Å². The maximum absolute atomic E-state index is 13.1. The zero-order chi connectivity index (χ0) is 13.5. The summed E-state index contributed by atoms with van der Waals surface area (Å²) < 4.78 is 54.8. The summed E-state index contributed by atoms with van der Waals surface area (Å²) in [6.45, 7) is 1.32. The number of halogens is 3. The van der Waals surface area contributed by atoms with Crippen molar-refractivity contribution in [1.29, 1.82) is 0 Å². The molecule has 19 heavy (non-hydrogen) atoms. The Morgan fingerprint density at radius 1 is 1.16 bits per heavy atom. The second-order valence-corrected chi connectivity index (χ2v) is 4.35. The number of morpholine rings is 1. The van der Waals surface area contributed by atoms with Crippen molar-refractivity contribution in [3.8, 4) is 11.5 Å². The highest BCUT2D eigenvalue weighted by Crippen LogP contribution is 2.43. The van der Waals surface area contributed by atoms with Crippen molar-refractivity contribution in [2.45, 2.75) is 12.3 Å². The van der Waals surface area contributed by atoms with Crippen molar-refractivity contribution in [1.82, 2.24) is 5.32 Å². The Bertz CT molecular complexity index is 484. The SMILES string of the molecule is FC(F)(F)c1cc2c(cc1C1CNCCO1)OCO2. The van der Waals surface area contributed by atoms with Crippen LogP contribution in [0.15, 0.2) is 12.1 Å². The minimum atomic E-state index is -4.45. The molecule has 1 aromatic carbocycles. The van der Waals surface area contributed by atoms with Crippen LogP contribution in [0.1, 0.15) is 17.2 Å². The van der Waals surface area contributed by atoms with Gasteiger partial charge in [0.2, 0.25) is 6.79 Å². The largest absolute Gasteiger partial charge is 0.454 e. The summed E-state index contributed by atoms with van der Waals surface area (Å²) in [4.78, 5) is 0. The number of rotatable bonds is 1. The van der Waals surface area contributed by atoms with Gasteiger partial charge < -0.3 is 19.5 Å². The van der Waals surface area contributed by atoms with E-state index in [1.54, 1.807) is 0 Å². The Kier molecular flexibility index (Phi) is 3.02. The monoisotopic (exact) mass is 275 g/mol. The van der Waals surface area contributed by atoms with E-state index in [9.17, 15) is 13.2 Å². The second-order valence-electron chi connectivity index (χ2n) is 4.35. The molecule has 0 aliphatic carbocycles. The first kappa shape index (κ1) is 12.6. The zero-order valence-corrected chi connectivity index (χ0v) is 9.92. The average molecular weight is 275 g/mol. The topological polar surface area (TPSA) is 39.7 Å². The molecule has 0 spiro atoms. The quantitative estimate of drug-likeness (QED) is 0.852. The summed E-state index contributed by atoms with van der Waals surface area (Å²) in [6.07, 6.45) is -5.07. The fourth-order valence-corrected chi connectivity index (χ4v) is 2.23. The summed E-state index contributed by atoms with van der Waals surface area (Å²) in [5.74, 6) is 0.456. The summed E-state index contributed by atoms with van der Waals surface area (Å²) in [5.41, 5.74) is -0.644. The van der Waals surface area contributed by atoms with Crippen LogP contribution < -0.4 is 14.8 Å². The molecule has 7 heteroatoms. The molecule has 3 rings (SSSR count). The fourth-order valence-electron chi connectivity index (χ4n) is 2.23. The van der Waals surface area contributed by atoms with Crippen LogP contribution in [0.25, 0.3) is 0 Å². The van der Waals surface area contributed by atoms with E-state index in [2.05, 4.69) is 5.32 Å². The van der Waals surface area contributed by atoms with Crippen LogP contribution in [-0.4, -0.2) is 26.5 Å². The van der Waals surface area contributed by atoms with Gasteiger partial charge in [-0.2, -0.15) is 13.2 Å². The molecule has 2 heterocycles. The number of fused-ring (bicyclic) bond motifs is 1. The fraction of sp³-hybridized carbons (Fsp3) is 0.500. The van der Waals surface area contributed by atoms with E-state index in [1.807, 2.05) is 0 Å². The Morgan fingerprint density at radius 2 is 1.89 bits per heavy atom. The van der Waals surface area contributed by atoms with E-state index in [1.165, 1.54) is 6.07 Å². The predicted octanol–water partition coefficient (Wildman–Crippen LogP) is 2.09. The number of benzene rings is 1. The molecule has 1 N–H and O–H groups in total.